The molecule has 0 spiro atoms. The van der Waals surface area contributed by atoms with Crippen LogP contribution >= 0.6 is 45.9 Å². The van der Waals surface area contributed by atoms with Gasteiger partial charge < -0.3 is 14.6 Å². The van der Waals surface area contributed by atoms with Gasteiger partial charge in [-0.3, -0.25) is 0 Å². The Kier molecular flexibility index (Phi) is 16.7. The van der Waals surface area contributed by atoms with E-state index in [4.69, 9.17) is 32.7 Å². The van der Waals surface area contributed by atoms with Gasteiger partial charge in [0.1, 0.15) is 0 Å². The Labute approximate surface area is 397 Å². The lowest BCUT2D eigenvalue weighted by Gasteiger charge is -2.49. The molecule has 64 heavy (non-hydrogen) atoms. The van der Waals surface area contributed by atoms with E-state index >= 15 is 0 Å². The first-order valence-electron chi connectivity index (χ1n) is 22.1. The van der Waals surface area contributed by atoms with Crippen molar-refractivity contribution < 1.29 is 23.4 Å². The van der Waals surface area contributed by atoms with Gasteiger partial charge in [0.25, 0.3) is 0 Å². The van der Waals surface area contributed by atoms with Crippen molar-refractivity contribution >= 4 is 45.9 Å². The summed E-state index contributed by atoms with van der Waals surface area (Å²) in [7, 11) is 0. The molecule has 10 atom stereocenters. The zero-order valence-electron chi connectivity index (χ0n) is 37.2. The molecule has 2 aromatic carbocycles. The van der Waals surface area contributed by atoms with Gasteiger partial charge in [0.2, 0.25) is 11.9 Å². The molecule has 6 heterocycles. The van der Waals surface area contributed by atoms with Gasteiger partial charge in [-0.1, -0.05) is 104 Å². The quantitative estimate of drug-likeness (QED) is 0.139. The number of benzene rings is 2. The van der Waals surface area contributed by atoms with Gasteiger partial charge in [-0.15, -0.1) is 22.7 Å². The number of hydrogen-bond acceptors (Lipinski definition) is 7. The summed E-state index contributed by atoms with van der Waals surface area (Å²) < 4.78 is 39.1. The number of hydrogen-bond donors (Lipinski definition) is 1. The van der Waals surface area contributed by atoms with Gasteiger partial charge >= 0.3 is 0 Å². The predicted octanol–water partition coefficient (Wildman–Crippen LogP) is 15.6. The lowest BCUT2D eigenvalue weighted by molar-refractivity contribution is -0.316. The summed E-state index contributed by atoms with van der Waals surface area (Å²) in [5.41, 5.74) is 5.83. The smallest absolute Gasteiger partial charge is 0.212 e. The summed E-state index contributed by atoms with van der Waals surface area (Å²) in [6, 6.07) is 26.6. The minimum absolute atomic E-state index is 0. The average Bonchev–Trinajstić information content (AvgIpc) is 3.96. The molecule has 342 valence electrons. The van der Waals surface area contributed by atoms with Crippen LogP contribution in [0.25, 0.3) is 20.9 Å². The van der Waals surface area contributed by atoms with E-state index in [2.05, 4.69) is 95.7 Å². The molecule has 11 heteroatoms. The van der Waals surface area contributed by atoms with Crippen LogP contribution < -0.4 is 0 Å². The molecular weight excluding hydrogens is 886 g/mol. The molecule has 4 aromatic heterocycles. The third-order valence-corrected chi connectivity index (χ3v) is 16.9. The minimum atomic E-state index is -1.34. The molecule has 5 nitrogen and oxygen atoms in total. The third-order valence-electron chi connectivity index (χ3n) is 13.9. The van der Waals surface area contributed by atoms with E-state index < -0.39 is 17.7 Å². The molecule has 2 aliphatic heterocycles. The van der Waals surface area contributed by atoms with Crippen LogP contribution in [-0.2, 0) is 28.1 Å². The Morgan fingerprint density at radius 2 is 1.14 bits per heavy atom. The molecule has 1 N–H and O–H groups in total. The van der Waals surface area contributed by atoms with Gasteiger partial charge in [-0.25, -0.2) is 9.97 Å². The number of nitrogens with zero attached hydrogens (tertiary/aromatic N) is 2. The van der Waals surface area contributed by atoms with Crippen LogP contribution in [0, 0.1) is 47.4 Å². The van der Waals surface area contributed by atoms with Crippen molar-refractivity contribution in [3.63, 3.8) is 0 Å². The average molecular weight is 948 g/mol. The van der Waals surface area contributed by atoms with Gasteiger partial charge in [0.15, 0.2) is 5.79 Å². The van der Waals surface area contributed by atoms with Crippen molar-refractivity contribution in [1.82, 2.24) is 9.97 Å². The molecule has 0 radical (unpaired) electrons. The van der Waals surface area contributed by atoms with Crippen molar-refractivity contribution in [2.75, 3.05) is 0 Å². The van der Waals surface area contributed by atoms with Crippen molar-refractivity contribution in [2.45, 2.75) is 113 Å². The van der Waals surface area contributed by atoms with Gasteiger partial charge in [0, 0.05) is 77.4 Å². The largest absolute Gasteiger partial charge is 0.370 e. The number of aromatic nitrogens is 2. The van der Waals surface area contributed by atoms with Crippen molar-refractivity contribution in [3.05, 3.63) is 151 Å². The van der Waals surface area contributed by atoms with E-state index in [1.54, 1.807) is 47.2 Å². The Bertz CT molecular complexity index is 2460. The van der Waals surface area contributed by atoms with E-state index in [0.29, 0.717) is 47.1 Å². The summed E-state index contributed by atoms with van der Waals surface area (Å²) in [6.07, 6.45) is 6.80. The first-order valence-corrected chi connectivity index (χ1v) is 24.5. The maximum atomic E-state index is 13.1. The molecule has 2 saturated heterocycles. The SMILES string of the molecule is C.CC[C@H]1OC(O)(c2ccc(Cl)c(Cc3ccc(-c4ccc(F)nc4)s3)c2)[C@H](C)[C@@H](C)[C@@H]1C.CC[C@H]1OC(c2ccc(Cl)c(Cc3ccc(-c4ccc(F)nc4)s3)c2)[C@H](C)[C@@H](C)[C@@H]1C. The second-order valence-electron chi connectivity index (χ2n) is 17.6. The number of halogens is 4. The minimum Gasteiger partial charge on any atom is -0.370 e. The topological polar surface area (TPSA) is 64.5 Å². The third kappa shape index (κ3) is 10.8. The van der Waals surface area contributed by atoms with Crippen molar-refractivity contribution in [2.24, 2.45) is 35.5 Å². The molecular formula is C53H62Cl2F2N2O3S2. The molecule has 6 aromatic rings. The van der Waals surface area contributed by atoms with E-state index in [0.717, 1.165) is 66.7 Å². The van der Waals surface area contributed by atoms with Crippen LogP contribution in [0.5, 0.6) is 0 Å². The highest BCUT2D eigenvalue weighted by Crippen LogP contribution is 2.48. The van der Waals surface area contributed by atoms with Crippen LogP contribution in [0.2, 0.25) is 10.0 Å². The summed E-state index contributed by atoms with van der Waals surface area (Å²) in [6.45, 7) is 17.7. The second kappa shape index (κ2) is 21.4. The molecule has 0 amide bonds. The Morgan fingerprint density at radius 1 is 0.625 bits per heavy atom. The number of thiophene rings is 2. The highest BCUT2D eigenvalue weighted by molar-refractivity contribution is 7.15. The highest BCUT2D eigenvalue weighted by Gasteiger charge is 2.49. The fourth-order valence-electron chi connectivity index (χ4n) is 9.28. The van der Waals surface area contributed by atoms with E-state index in [1.165, 1.54) is 22.6 Å². The molecule has 2 unspecified atom stereocenters. The number of ether oxygens (including phenoxy) is 2. The molecule has 8 rings (SSSR count). The molecule has 0 aliphatic carbocycles. The molecule has 2 fully saturated rings. The Morgan fingerprint density at radius 3 is 1.66 bits per heavy atom. The van der Waals surface area contributed by atoms with Crippen molar-refractivity contribution in [3.8, 4) is 20.9 Å². The lowest BCUT2D eigenvalue weighted by atomic mass is 9.72. The van der Waals surface area contributed by atoms with Crippen LogP contribution in [0.15, 0.2) is 97.3 Å². The standard InChI is InChI=1S/C26H29ClFNO2S.C26H29ClFNOS.CH4/c1-5-23-16(3)15(2)17(4)26(30,31-23)20-7-9-22(27)19(12-20)13-21-8-10-24(32-21)18-6-11-25(28)29-14-18;1-5-23-16(3)15(2)17(4)26(30-23)18-6-9-22(27)20(12-18)13-21-8-10-24(31-21)19-7-11-25(28)29-14-19;/h6-12,14-17,23,30H,5,13H2,1-4H3;6-12,14-17,23,26H,5,13H2,1-4H3;1H4/t2*15-,16-,17+,23+,26?;/m00./s1. The van der Waals surface area contributed by atoms with Crippen molar-refractivity contribution in [1.29, 1.82) is 0 Å². The zero-order valence-corrected chi connectivity index (χ0v) is 40.4. The van der Waals surface area contributed by atoms with Gasteiger partial charge in [-0.2, -0.15) is 8.78 Å². The van der Waals surface area contributed by atoms with Gasteiger partial charge in [0.05, 0.1) is 18.3 Å². The first-order chi connectivity index (χ1) is 30.1. The Hall–Kier alpha value is -3.54. The van der Waals surface area contributed by atoms with E-state index in [1.807, 2.05) is 30.3 Å². The summed E-state index contributed by atoms with van der Waals surface area (Å²) >= 11 is 16.4. The lowest BCUT2D eigenvalue weighted by Crippen LogP contribution is -2.51. The summed E-state index contributed by atoms with van der Waals surface area (Å²) in [5.74, 6) is -0.0147. The fraction of sp³-hybridized carbons (Fsp3) is 0.434. The maximum Gasteiger partial charge on any atom is 0.212 e. The van der Waals surface area contributed by atoms with E-state index in [-0.39, 0.29) is 25.6 Å². The number of pyridine rings is 2. The molecule has 0 saturated carbocycles. The monoisotopic (exact) mass is 946 g/mol. The second-order valence-corrected chi connectivity index (χ2v) is 20.8. The summed E-state index contributed by atoms with van der Waals surface area (Å²) in [5, 5.41) is 13.1. The van der Waals surface area contributed by atoms with Crippen LogP contribution in [0.3, 0.4) is 0 Å². The van der Waals surface area contributed by atoms with Crippen LogP contribution in [0.1, 0.15) is 114 Å². The maximum absolute atomic E-state index is 13.1. The fourth-order valence-corrected chi connectivity index (χ4v) is 11.7. The number of rotatable bonds is 10. The molecule has 0 bridgehead atoms. The number of aliphatic hydroxyl groups is 1. The normalized spacial score (nSPS) is 26.7. The van der Waals surface area contributed by atoms with E-state index in [9.17, 15) is 13.9 Å². The van der Waals surface area contributed by atoms with Crippen LogP contribution in [-0.4, -0.2) is 27.3 Å². The first kappa shape index (κ1) is 49.9. The zero-order chi connectivity index (χ0) is 45.2. The van der Waals surface area contributed by atoms with Gasteiger partial charge in [-0.05, 0) is 126 Å². The predicted molar refractivity (Wildman–Crippen MR) is 262 cm³/mol. The van der Waals surface area contributed by atoms with Crippen LogP contribution in [0.4, 0.5) is 8.78 Å². The highest BCUT2D eigenvalue weighted by atomic mass is 35.5. The molecule has 2 aliphatic rings. The Balaban J connectivity index is 0.000000209. The summed E-state index contributed by atoms with van der Waals surface area (Å²) in [4.78, 5) is 11.9.